The Morgan fingerprint density at radius 3 is 3.00 bits per heavy atom. The molecule has 3 N–H and O–H groups in total. The minimum Gasteiger partial charge on any atom is -0.493 e. The van der Waals surface area contributed by atoms with Crippen LogP contribution in [0.5, 0.6) is 5.75 Å². The predicted octanol–water partition coefficient (Wildman–Crippen LogP) is 0.574. The van der Waals surface area contributed by atoms with Gasteiger partial charge >= 0.3 is 5.97 Å². The number of carbonyl (C=O) groups is 1. The fourth-order valence-electron chi connectivity index (χ4n) is 1.66. The maximum absolute atomic E-state index is 10.7. The van der Waals surface area contributed by atoms with Crippen LogP contribution in [0.25, 0.3) is 0 Å². The van der Waals surface area contributed by atoms with Crippen LogP contribution in [-0.2, 0) is 4.79 Å². The van der Waals surface area contributed by atoms with Crippen molar-refractivity contribution in [1.82, 2.24) is 0 Å². The second-order valence-corrected chi connectivity index (χ2v) is 3.32. The highest BCUT2D eigenvalue weighted by atomic mass is 16.5. The zero-order chi connectivity index (χ0) is 10.1. The highest BCUT2D eigenvalue weighted by Gasteiger charge is 2.32. The number of benzene rings is 1. The Kier molecular flexibility index (Phi) is 2.13. The summed E-state index contributed by atoms with van der Waals surface area (Å²) in [5.74, 6) is -0.479. The average molecular weight is 193 g/mol. The number of hydrogen-bond acceptors (Lipinski definition) is 3. The maximum Gasteiger partial charge on any atom is 0.321 e. The lowest BCUT2D eigenvalue weighted by molar-refractivity contribution is -0.139. The second-order valence-electron chi connectivity index (χ2n) is 3.32. The van der Waals surface area contributed by atoms with E-state index < -0.39 is 12.0 Å². The molecule has 1 heterocycles. The molecule has 0 aromatic heterocycles. The summed E-state index contributed by atoms with van der Waals surface area (Å²) < 4.78 is 5.34. The monoisotopic (exact) mass is 193 g/mol. The van der Waals surface area contributed by atoms with Crippen LogP contribution in [0, 0.1) is 0 Å². The van der Waals surface area contributed by atoms with Crippen LogP contribution < -0.4 is 10.5 Å². The third-order valence-corrected chi connectivity index (χ3v) is 2.46. The Bertz CT molecular complexity index is 364. The number of carboxylic acids is 1. The molecule has 0 aliphatic carbocycles. The summed E-state index contributed by atoms with van der Waals surface area (Å²) in [4.78, 5) is 10.7. The Morgan fingerprint density at radius 2 is 2.29 bits per heavy atom. The Labute approximate surface area is 81.3 Å². The van der Waals surface area contributed by atoms with Gasteiger partial charge in [0.1, 0.15) is 11.8 Å². The van der Waals surface area contributed by atoms with Gasteiger partial charge in [0.2, 0.25) is 0 Å². The van der Waals surface area contributed by atoms with Gasteiger partial charge < -0.3 is 15.6 Å². The lowest BCUT2D eigenvalue weighted by atomic mass is 9.94. The van der Waals surface area contributed by atoms with Crippen LogP contribution in [0.4, 0.5) is 0 Å². The molecule has 0 spiro atoms. The number of fused-ring (bicyclic) bond motifs is 1. The SMILES string of the molecule is NC(C(=O)O)C1COc2ccccc21. The molecule has 1 aromatic rings. The smallest absolute Gasteiger partial charge is 0.321 e. The van der Waals surface area contributed by atoms with Crippen molar-refractivity contribution in [3.05, 3.63) is 29.8 Å². The number of para-hydroxylation sites is 1. The summed E-state index contributed by atoms with van der Waals surface area (Å²) in [5.41, 5.74) is 6.45. The van der Waals surface area contributed by atoms with E-state index in [0.29, 0.717) is 6.61 Å². The van der Waals surface area contributed by atoms with Crippen LogP contribution in [0.15, 0.2) is 24.3 Å². The van der Waals surface area contributed by atoms with Crippen molar-refractivity contribution in [3.8, 4) is 5.75 Å². The molecule has 2 unspecified atom stereocenters. The Morgan fingerprint density at radius 1 is 1.57 bits per heavy atom. The summed E-state index contributed by atoms with van der Waals surface area (Å²) in [7, 11) is 0. The zero-order valence-corrected chi connectivity index (χ0v) is 7.51. The Balaban J connectivity index is 2.30. The van der Waals surface area contributed by atoms with Gasteiger partial charge in [-0.25, -0.2) is 0 Å². The minimum absolute atomic E-state index is 0.233. The molecule has 0 saturated carbocycles. The summed E-state index contributed by atoms with van der Waals surface area (Å²) in [6.07, 6.45) is 0. The van der Waals surface area contributed by atoms with E-state index in [1.807, 2.05) is 24.3 Å². The van der Waals surface area contributed by atoms with Gasteiger partial charge in [-0.1, -0.05) is 18.2 Å². The molecule has 1 aliphatic heterocycles. The molecule has 1 aromatic carbocycles. The molecule has 4 heteroatoms. The fourth-order valence-corrected chi connectivity index (χ4v) is 1.66. The molecule has 0 fully saturated rings. The molecule has 0 amide bonds. The van der Waals surface area contributed by atoms with E-state index in [1.54, 1.807) is 0 Å². The molecule has 0 radical (unpaired) electrons. The van der Waals surface area contributed by atoms with Crippen molar-refractivity contribution in [2.45, 2.75) is 12.0 Å². The normalized spacial score (nSPS) is 21.1. The number of hydrogen-bond donors (Lipinski definition) is 2. The molecule has 2 rings (SSSR count). The summed E-state index contributed by atoms with van der Waals surface area (Å²) in [6, 6.07) is 6.50. The first-order chi connectivity index (χ1) is 6.70. The second kappa shape index (κ2) is 3.31. The van der Waals surface area contributed by atoms with E-state index in [0.717, 1.165) is 11.3 Å². The number of rotatable bonds is 2. The highest BCUT2D eigenvalue weighted by molar-refractivity contribution is 5.75. The Hall–Kier alpha value is -1.55. The molecule has 0 bridgehead atoms. The third-order valence-electron chi connectivity index (χ3n) is 2.46. The van der Waals surface area contributed by atoms with Gasteiger partial charge in [0.05, 0.1) is 6.61 Å². The van der Waals surface area contributed by atoms with Crippen molar-refractivity contribution >= 4 is 5.97 Å². The van der Waals surface area contributed by atoms with E-state index >= 15 is 0 Å². The quantitative estimate of drug-likeness (QED) is 0.720. The van der Waals surface area contributed by atoms with Crippen molar-refractivity contribution in [1.29, 1.82) is 0 Å². The van der Waals surface area contributed by atoms with Crippen molar-refractivity contribution in [3.63, 3.8) is 0 Å². The van der Waals surface area contributed by atoms with Crippen molar-refractivity contribution in [2.24, 2.45) is 5.73 Å². The van der Waals surface area contributed by atoms with Gasteiger partial charge in [0, 0.05) is 11.5 Å². The molecule has 74 valence electrons. The van der Waals surface area contributed by atoms with Gasteiger partial charge in [-0.3, -0.25) is 4.79 Å². The highest BCUT2D eigenvalue weighted by Crippen LogP contribution is 2.34. The zero-order valence-electron chi connectivity index (χ0n) is 7.51. The van der Waals surface area contributed by atoms with Gasteiger partial charge in [-0.15, -0.1) is 0 Å². The first-order valence-corrected chi connectivity index (χ1v) is 4.40. The van der Waals surface area contributed by atoms with Crippen molar-refractivity contribution in [2.75, 3.05) is 6.61 Å². The minimum atomic E-state index is -0.990. The number of nitrogens with two attached hydrogens (primary N) is 1. The molecule has 0 saturated heterocycles. The van der Waals surface area contributed by atoms with Crippen LogP contribution in [0.3, 0.4) is 0 Å². The van der Waals surface area contributed by atoms with E-state index in [1.165, 1.54) is 0 Å². The van der Waals surface area contributed by atoms with E-state index in [2.05, 4.69) is 0 Å². The van der Waals surface area contributed by atoms with Crippen LogP contribution >= 0.6 is 0 Å². The summed E-state index contributed by atoms with van der Waals surface area (Å²) in [6.45, 7) is 0.354. The van der Waals surface area contributed by atoms with Gasteiger partial charge in [-0.05, 0) is 6.07 Å². The fraction of sp³-hybridized carbons (Fsp3) is 0.300. The topological polar surface area (TPSA) is 72.6 Å². The van der Waals surface area contributed by atoms with Crippen LogP contribution in [-0.4, -0.2) is 23.7 Å². The summed E-state index contributed by atoms with van der Waals surface area (Å²) >= 11 is 0. The van der Waals surface area contributed by atoms with Gasteiger partial charge in [0.25, 0.3) is 0 Å². The summed E-state index contributed by atoms with van der Waals surface area (Å²) in [5, 5.41) is 8.79. The van der Waals surface area contributed by atoms with E-state index in [-0.39, 0.29) is 5.92 Å². The van der Waals surface area contributed by atoms with E-state index in [4.69, 9.17) is 15.6 Å². The molecular formula is C10H11NO3. The lowest BCUT2D eigenvalue weighted by Gasteiger charge is -2.12. The standard InChI is InChI=1S/C10H11NO3/c11-9(10(12)13)7-5-14-8-4-2-1-3-6(7)8/h1-4,7,9H,5,11H2,(H,12,13). The number of ether oxygens (including phenoxy) is 1. The third kappa shape index (κ3) is 1.33. The van der Waals surface area contributed by atoms with Crippen LogP contribution in [0.2, 0.25) is 0 Å². The van der Waals surface area contributed by atoms with Crippen LogP contribution in [0.1, 0.15) is 11.5 Å². The molecule has 14 heavy (non-hydrogen) atoms. The van der Waals surface area contributed by atoms with Crippen molar-refractivity contribution < 1.29 is 14.6 Å². The average Bonchev–Trinajstić information content (AvgIpc) is 2.60. The lowest BCUT2D eigenvalue weighted by Crippen LogP contribution is -2.37. The number of carboxylic acid groups (broad SMARTS) is 1. The number of aliphatic carboxylic acids is 1. The predicted molar refractivity (Wildman–Crippen MR) is 50.3 cm³/mol. The van der Waals surface area contributed by atoms with Gasteiger partial charge in [-0.2, -0.15) is 0 Å². The first-order valence-electron chi connectivity index (χ1n) is 4.40. The first kappa shape index (κ1) is 9.02. The van der Waals surface area contributed by atoms with Gasteiger partial charge in [0.15, 0.2) is 0 Å². The molecule has 1 aliphatic rings. The molecular weight excluding hydrogens is 182 g/mol. The van der Waals surface area contributed by atoms with E-state index in [9.17, 15) is 4.79 Å². The molecule has 2 atom stereocenters. The maximum atomic E-state index is 10.7. The molecule has 4 nitrogen and oxygen atoms in total. The largest absolute Gasteiger partial charge is 0.493 e.